The smallest absolute Gasteiger partial charge is 0.271 e. The lowest BCUT2D eigenvalue weighted by Gasteiger charge is -2.32. The first kappa shape index (κ1) is 22.0. The van der Waals surface area contributed by atoms with E-state index in [2.05, 4.69) is 44.9 Å². The lowest BCUT2D eigenvalue weighted by Crippen LogP contribution is -2.39. The Kier molecular flexibility index (Phi) is 5.96. The fourth-order valence-electron chi connectivity index (χ4n) is 4.76. The van der Waals surface area contributed by atoms with E-state index in [1.165, 1.54) is 5.52 Å². The van der Waals surface area contributed by atoms with Crippen molar-refractivity contribution < 1.29 is 14.3 Å². The number of carbonyl (C=O) groups excluding carboxylic acids is 1. The van der Waals surface area contributed by atoms with Gasteiger partial charge >= 0.3 is 0 Å². The van der Waals surface area contributed by atoms with E-state index in [4.69, 9.17) is 9.47 Å². The van der Waals surface area contributed by atoms with Crippen LogP contribution in [0.2, 0.25) is 0 Å². The SMILES string of the molecule is COc1ccc(OC)c(-c2cc(C(=O)N3CCC(Cn4c(C)nc5ccccc54)CC3)[nH]n2)c1. The summed E-state index contributed by atoms with van der Waals surface area (Å²) in [6.45, 7) is 4.45. The average molecular weight is 460 g/mol. The zero-order valence-corrected chi connectivity index (χ0v) is 19.7. The first-order valence-corrected chi connectivity index (χ1v) is 11.6. The molecule has 3 heterocycles. The number of likely N-dealkylation sites (tertiary alicyclic amines) is 1. The van der Waals surface area contributed by atoms with Crippen molar-refractivity contribution >= 4 is 16.9 Å². The molecule has 1 aliphatic rings. The molecular weight excluding hydrogens is 430 g/mol. The quantitative estimate of drug-likeness (QED) is 0.465. The van der Waals surface area contributed by atoms with Gasteiger partial charge in [0.2, 0.25) is 0 Å². The van der Waals surface area contributed by atoms with Crippen LogP contribution in [0.3, 0.4) is 0 Å². The number of aryl methyl sites for hydroxylation is 1. The molecule has 34 heavy (non-hydrogen) atoms. The van der Waals surface area contributed by atoms with E-state index in [0.29, 0.717) is 28.8 Å². The number of rotatable bonds is 6. The Morgan fingerprint density at radius 3 is 2.65 bits per heavy atom. The van der Waals surface area contributed by atoms with Gasteiger partial charge in [-0.1, -0.05) is 12.1 Å². The summed E-state index contributed by atoms with van der Waals surface area (Å²) in [4.78, 5) is 19.8. The minimum Gasteiger partial charge on any atom is -0.497 e. The number of fused-ring (bicyclic) bond motifs is 1. The number of carbonyl (C=O) groups is 1. The van der Waals surface area contributed by atoms with Gasteiger partial charge < -0.3 is 18.9 Å². The molecule has 4 aromatic rings. The molecule has 2 aromatic carbocycles. The van der Waals surface area contributed by atoms with E-state index >= 15 is 0 Å². The first-order valence-electron chi connectivity index (χ1n) is 11.6. The van der Waals surface area contributed by atoms with Crippen LogP contribution < -0.4 is 9.47 Å². The van der Waals surface area contributed by atoms with Crippen LogP contribution in [0.15, 0.2) is 48.5 Å². The molecule has 8 heteroatoms. The summed E-state index contributed by atoms with van der Waals surface area (Å²) in [6.07, 6.45) is 1.92. The monoisotopic (exact) mass is 459 g/mol. The number of aromatic nitrogens is 4. The van der Waals surface area contributed by atoms with Crippen LogP contribution in [0.5, 0.6) is 11.5 Å². The maximum Gasteiger partial charge on any atom is 0.271 e. The van der Waals surface area contributed by atoms with Crippen LogP contribution in [-0.2, 0) is 6.54 Å². The van der Waals surface area contributed by atoms with Gasteiger partial charge in [-0.3, -0.25) is 9.89 Å². The number of H-pyrrole nitrogens is 1. The Labute approximate surface area is 198 Å². The predicted molar refractivity (Wildman–Crippen MR) is 130 cm³/mol. The average Bonchev–Trinajstić information content (AvgIpc) is 3.49. The van der Waals surface area contributed by atoms with Gasteiger partial charge in [0.25, 0.3) is 5.91 Å². The molecule has 0 aliphatic carbocycles. The van der Waals surface area contributed by atoms with E-state index in [9.17, 15) is 4.79 Å². The molecule has 0 spiro atoms. The summed E-state index contributed by atoms with van der Waals surface area (Å²) in [5.41, 5.74) is 4.12. The van der Waals surface area contributed by atoms with Crippen LogP contribution in [0, 0.1) is 12.8 Å². The molecule has 1 N–H and O–H groups in total. The number of ether oxygens (including phenoxy) is 2. The van der Waals surface area contributed by atoms with Gasteiger partial charge in [0.15, 0.2) is 0 Å². The summed E-state index contributed by atoms with van der Waals surface area (Å²) in [5, 5.41) is 7.29. The molecular formula is C26H29N5O3. The number of imidazole rings is 1. The number of piperidine rings is 1. The Morgan fingerprint density at radius 2 is 1.88 bits per heavy atom. The van der Waals surface area contributed by atoms with Gasteiger partial charge in [-0.25, -0.2) is 4.98 Å². The Morgan fingerprint density at radius 1 is 1.09 bits per heavy atom. The highest BCUT2D eigenvalue weighted by Crippen LogP contribution is 2.33. The third-order valence-corrected chi connectivity index (χ3v) is 6.68. The van der Waals surface area contributed by atoms with E-state index in [1.54, 1.807) is 20.3 Å². The van der Waals surface area contributed by atoms with Crippen molar-refractivity contribution in [1.29, 1.82) is 0 Å². The van der Waals surface area contributed by atoms with E-state index in [0.717, 1.165) is 49.4 Å². The number of nitrogens with zero attached hydrogens (tertiary/aromatic N) is 4. The van der Waals surface area contributed by atoms with Crippen molar-refractivity contribution in [3.05, 3.63) is 60.0 Å². The van der Waals surface area contributed by atoms with Crippen molar-refractivity contribution in [2.75, 3.05) is 27.3 Å². The lowest BCUT2D eigenvalue weighted by atomic mass is 9.96. The highest BCUT2D eigenvalue weighted by molar-refractivity contribution is 5.93. The van der Waals surface area contributed by atoms with Crippen LogP contribution in [0.1, 0.15) is 29.2 Å². The third-order valence-electron chi connectivity index (χ3n) is 6.68. The summed E-state index contributed by atoms with van der Waals surface area (Å²) in [5.74, 6) is 2.91. The Balaban J connectivity index is 1.25. The minimum atomic E-state index is -0.0247. The zero-order valence-electron chi connectivity index (χ0n) is 19.7. The number of benzene rings is 2. The van der Waals surface area contributed by atoms with Crippen molar-refractivity contribution in [2.45, 2.75) is 26.3 Å². The largest absolute Gasteiger partial charge is 0.497 e. The molecule has 8 nitrogen and oxygen atoms in total. The van der Waals surface area contributed by atoms with E-state index in [1.807, 2.05) is 29.2 Å². The zero-order chi connectivity index (χ0) is 23.7. The van der Waals surface area contributed by atoms with Crippen molar-refractivity contribution in [2.24, 2.45) is 5.92 Å². The van der Waals surface area contributed by atoms with Crippen LogP contribution in [-0.4, -0.2) is 57.9 Å². The van der Waals surface area contributed by atoms with Crippen molar-refractivity contribution in [1.82, 2.24) is 24.6 Å². The molecule has 0 saturated carbocycles. The number of hydrogen-bond acceptors (Lipinski definition) is 5. The molecule has 176 valence electrons. The summed E-state index contributed by atoms with van der Waals surface area (Å²) in [7, 11) is 3.23. The second-order valence-corrected chi connectivity index (χ2v) is 8.73. The summed E-state index contributed by atoms with van der Waals surface area (Å²) >= 11 is 0. The second-order valence-electron chi connectivity index (χ2n) is 8.73. The number of methoxy groups -OCH3 is 2. The van der Waals surface area contributed by atoms with Gasteiger partial charge in [0.05, 0.1) is 30.9 Å². The standard InChI is InChI=1S/C26H29N5O3/c1-17-27-21-6-4-5-7-24(21)31(17)16-18-10-12-30(13-11-18)26(32)23-15-22(28-29-23)20-14-19(33-2)8-9-25(20)34-3/h4-9,14-15,18H,10-13,16H2,1-3H3,(H,28,29). The van der Waals surface area contributed by atoms with Gasteiger partial charge in [-0.2, -0.15) is 5.10 Å². The number of amides is 1. The van der Waals surface area contributed by atoms with Gasteiger partial charge in [-0.05, 0) is 62.1 Å². The molecule has 1 amide bonds. The van der Waals surface area contributed by atoms with Gasteiger partial charge in [0.1, 0.15) is 23.0 Å². The fraction of sp³-hybridized carbons (Fsp3) is 0.346. The Bertz CT molecular complexity index is 1320. The molecule has 2 aromatic heterocycles. The normalized spacial score (nSPS) is 14.5. The highest BCUT2D eigenvalue weighted by Gasteiger charge is 2.26. The van der Waals surface area contributed by atoms with Crippen LogP contribution in [0.25, 0.3) is 22.3 Å². The number of aromatic amines is 1. The molecule has 1 aliphatic heterocycles. The predicted octanol–water partition coefficient (Wildman–Crippen LogP) is 4.30. The van der Waals surface area contributed by atoms with Crippen LogP contribution >= 0.6 is 0 Å². The molecule has 0 atom stereocenters. The maximum absolute atomic E-state index is 13.2. The third kappa shape index (κ3) is 4.11. The molecule has 0 unspecified atom stereocenters. The summed E-state index contributed by atoms with van der Waals surface area (Å²) < 4.78 is 13.1. The van der Waals surface area contributed by atoms with Gasteiger partial charge in [-0.15, -0.1) is 0 Å². The molecule has 5 rings (SSSR count). The highest BCUT2D eigenvalue weighted by atomic mass is 16.5. The van der Waals surface area contributed by atoms with Gasteiger partial charge in [0, 0.05) is 25.2 Å². The maximum atomic E-state index is 13.2. The van der Waals surface area contributed by atoms with Crippen molar-refractivity contribution in [3.63, 3.8) is 0 Å². The topological polar surface area (TPSA) is 85.3 Å². The molecule has 0 bridgehead atoms. The van der Waals surface area contributed by atoms with E-state index in [-0.39, 0.29) is 5.91 Å². The number of para-hydroxylation sites is 2. The number of nitrogens with one attached hydrogen (secondary N) is 1. The first-order chi connectivity index (χ1) is 16.6. The molecule has 0 radical (unpaired) electrons. The fourth-order valence-corrected chi connectivity index (χ4v) is 4.76. The number of hydrogen-bond donors (Lipinski definition) is 1. The second kappa shape index (κ2) is 9.21. The molecule has 1 fully saturated rings. The van der Waals surface area contributed by atoms with Crippen LogP contribution in [0.4, 0.5) is 0 Å². The van der Waals surface area contributed by atoms with E-state index < -0.39 is 0 Å². The Hall–Kier alpha value is -3.81. The summed E-state index contributed by atoms with van der Waals surface area (Å²) in [6, 6.07) is 15.6. The minimum absolute atomic E-state index is 0.0247. The lowest BCUT2D eigenvalue weighted by molar-refractivity contribution is 0.0677. The van der Waals surface area contributed by atoms with Crippen molar-refractivity contribution in [3.8, 4) is 22.8 Å². The molecule has 1 saturated heterocycles.